The highest BCUT2D eigenvalue weighted by Crippen LogP contribution is 2.53. The molecular formula is C93H152F3N3O22Si. The molecule has 122 heavy (non-hydrogen) atoms. The van der Waals surface area contributed by atoms with Gasteiger partial charge >= 0.3 is 6.18 Å². The maximum absolute atomic E-state index is 10.5. The van der Waals surface area contributed by atoms with Gasteiger partial charge in [-0.3, -0.25) is 0 Å². The number of aryl methyl sites for hydroxylation is 2. The molecule has 0 radical (unpaired) electrons. The standard InChI is InChI=1S/C9H13NO.C9H12O3.C9H16O.C9H12O.C8H10O2.C8H10O.C7H8O.C6H15NO.C6H12OSi.C5H10O2.C5H6O2.C4H11NO2.C3H4O.C2H3F3O.C2H6O.CH4O/c1-10(2)9-5-3-4-8(6-9)7-11;1-11-8-3-4-9(12-2)7(5-8)6-10;1-6(2)5-7-8(10)9(7,3)4;1-2-8-3-5-9(7-10)6-4-8;1-10-8-4-2-7(6-9)3-5-8;1-2-7-3-5-8(9)6-4-7;8-6-7-4-2-1-3-5-7;1-2-7-5-3-4-6-8;1-8(2,3)6-4-5-7;2*6-4-5-2-1-3-7-5;5-1-3-7-4-2-6;1-2-3-4;3-2(4,5)1-6;1-2-3;1-2/h3-6,11H,7H2,1-2H3;3-5,10H,6H2,1-2H3;5,7-8,10H,1-4H3;3-6,10H,2,7H2,1H3;2-5,9H,6H2,1H3;3-6,9H,2H2,1H3;1-5,8H,6H2;7-8H,2-6H2,1H3;7H,5H2,1-3H3;5-6H,1-4H2;1-3,6H,4H2;6H,1-5H2;1,4H,3H2;6H,1H2;3H,2H2,1H3;2H,1H3. The van der Waals surface area contributed by atoms with Crippen LogP contribution < -0.4 is 30.2 Å². The van der Waals surface area contributed by atoms with Crippen molar-refractivity contribution in [3.8, 4) is 46.8 Å². The summed E-state index contributed by atoms with van der Waals surface area (Å²) in [4.78, 5) is 2.01. The zero-order valence-corrected chi connectivity index (χ0v) is 76.4. The van der Waals surface area contributed by atoms with E-state index in [1.165, 1.54) is 23.0 Å². The summed E-state index contributed by atoms with van der Waals surface area (Å²) in [5.41, 5.74) is 17.7. The molecule has 0 bridgehead atoms. The summed E-state index contributed by atoms with van der Waals surface area (Å²) in [5, 5.41) is 136. The molecule has 6 aromatic carbocycles. The van der Waals surface area contributed by atoms with Gasteiger partial charge in [0.15, 0.2) is 0 Å². The first kappa shape index (κ1) is 127. The van der Waals surface area contributed by atoms with Crippen molar-refractivity contribution in [2.45, 2.75) is 172 Å². The number of methoxy groups -OCH3 is 3. The average Bonchev–Trinajstić information content (AvgIpc) is 1.59. The summed E-state index contributed by atoms with van der Waals surface area (Å²) >= 11 is 0. The molecule has 3 unspecified atom stereocenters. The van der Waals surface area contributed by atoms with E-state index < -0.39 is 20.9 Å². The molecule has 1 aliphatic heterocycles. The van der Waals surface area contributed by atoms with Gasteiger partial charge < -0.3 is 126 Å². The average molecular weight is 1750 g/mol. The Morgan fingerprint density at radius 2 is 1.11 bits per heavy atom. The molecule has 1 aromatic heterocycles. The van der Waals surface area contributed by atoms with Gasteiger partial charge in [-0.2, -0.15) is 13.2 Å². The van der Waals surface area contributed by atoms with Gasteiger partial charge in [0, 0.05) is 70.2 Å². The molecule has 0 amide bonds. The van der Waals surface area contributed by atoms with Crippen molar-refractivity contribution in [1.82, 2.24) is 5.32 Å². The van der Waals surface area contributed by atoms with Crippen LogP contribution in [0.15, 0.2) is 180 Å². The number of nitrogens with two attached hydrogens (primary N) is 1. The molecule has 696 valence electrons. The lowest BCUT2D eigenvalue weighted by Gasteiger charge is -2.12. The van der Waals surface area contributed by atoms with Crippen LogP contribution >= 0.6 is 0 Å². The third-order valence-corrected chi connectivity index (χ3v) is 16.2. The first-order valence-electron chi connectivity index (χ1n) is 40.0. The zero-order valence-electron chi connectivity index (χ0n) is 75.4. The van der Waals surface area contributed by atoms with Gasteiger partial charge in [-0.15, -0.1) is 12.0 Å². The molecule has 2 heterocycles. The molecule has 2 aliphatic rings. The van der Waals surface area contributed by atoms with Crippen molar-refractivity contribution in [1.29, 1.82) is 0 Å². The Morgan fingerprint density at radius 3 is 1.42 bits per heavy atom. The minimum atomic E-state index is -4.40. The van der Waals surface area contributed by atoms with Crippen LogP contribution in [0.4, 0.5) is 18.9 Å². The van der Waals surface area contributed by atoms with Crippen LogP contribution in [0.1, 0.15) is 126 Å². The summed E-state index contributed by atoms with van der Waals surface area (Å²) in [6, 6.07) is 48.7. The maximum Gasteiger partial charge on any atom is 0.411 e. The first-order chi connectivity index (χ1) is 58.1. The van der Waals surface area contributed by atoms with Gasteiger partial charge in [0.2, 0.25) is 0 Å². The number of ether oxygens (including phenoxy) is 5. The Hall–Kier alpha value is -8.29. The Kier molecular flexibility index (Phi) is 91.1. The molecule has 3 atom stereocenters. The van der Waals surface area contributed by atoms with Crippen molar-refractivity contribution < 1.29 is 123 Å². The lowest BCUT2D eigenvalue weighted by Crippen LogP contribution is -2.16. The SMILES string of the molecule is C#CCO.CC(C)=CC1C(O)C1(C)C.CCNCCCCO.CCO.CCc1ccc(CO)cc1.CCc1ccc(O)cc1.CN(C)c1cccc(CO)c1.CO.COc1ccc(CO)cc1.COc1ccc(OC)c(CO)c1.C[Si](C)(C)C#CCO.NCCOCCO.OCC(F)(F)F.OCC1CCCO1.OCc1ccccc1.OCc1ccco1. The van der Waals surface area contributed by atoms with Crippen molar-refractivity contribution in [2.24, 2.45) is 17.1 Å². The Morgan fingerprint density at radius 1 is 0.623 bits per heavy atom. The Labute approximate surface area is 727 Å². The second kappa shape index (κ2) is 87.6. The number of alkyl halides is 3. The van der Waals surface area contributed by atoms with E-state index in [9.17, 15) is 18.3 Å². The van der Waals surface area contributed by atoms with E-state index in [0.29, 0.717) is 49.5 Å². The molecule has 1 saturated carbocycles. The van der Waals surface area contributed by atoms with E-state index in [1.54, 1.807) is 70.7 Å². The van der Waals surface area contributed by atoms with Crippen LogP contribution in [0.3, 0.4) is 0 Å². The minimum absolute atomic E-state index is 0.00424. The maximum atomic E-state index is 10.5. The molecule has 0 spiro atoms. The lowest BCUT2D eigenvalue weighted by molar-refractivity contribution is -0.159. The fraction of sp³-hybridized carbons (Fsp3) is 0.505. The zero-order chi connectivity index (χ0) is 94.4. The quantitative estimate of drug-likeness (QED) is 0.0122. The van der Waals surface area contributed by atoms with E-state index in [2.05, 4.69) is 97.4 Å². The molecular weight excluding hydrogens is 1600 g/mol. The summed E-state index contributed by atoms with van der Waals surface area (Å²) in [7, 11) is 8.54. The number of hydrogen-bond donors (Lipinski definition) is 18. The van der Waals surface area contributed by atoms with E-state index in [0.717, 1.165) is 110 Å². The number of nitrogens with one attached hydrogen (secondary N) is 1. The third-order valence-electron chi connectivity index (χ3n) is 15.2. The molecule has 2 fully saturated rings. The van der Waals surface area contributed by atoms with Gasteiger partial charge in [-0.25, -0.2) is 0 Å². The summed E-state index contributed by atoms with van der Waals surface area (Å²) in [6.07, 6.45) is 10.1. The number of anilines is 1. The number of aromatic hydroxyl groups is 1. The number of furan rings is 1. The van der Waals surface area contributed by atoms with Crippen LogP contribution in [0.25, 0.3) is 0 Å². The number of unbranched alkanes of at least 4 members (excludes halogenated alkanes) is 1. The highest BCUT2D eigenvalue weighted by Gasteiger charge is 2.55. The molecule has 9 rings (SSSR count). The van der Waals surface area contributed by atoms with Crippen LogP contribution in [-0.2, 0) is 62.0 Å². The number of halogens is 3. The largest absolute Gasteiger partial charge is 0.508 e. The number of aliphatic hydroxyl groups is 15. The first-order valence-corrected chi connectivity index (χ1v) is 43.5. The lowest BCUT2D eigenvalue weighted by atomic mass is 10.1. The molecule has 7 aromatic rings. The fourth-order valence-corrected chi connectivity index (χ4v) is 9.07. The number of phenols is 1. The second-order valence-corrected chi connectivity index (χ2v) is 32.0. The van der Waals surface area contributed by atoms with Crippen molar-refractivity contribution in [3.63, 3.8) is 0 Å². The summed E-state index contributed by atoms with van der Waals surface area (Å²) < 4.78 is 61.1. The van der Waals surface area contributed by atoms with Crippen molar-refractivity contribution in [3.05, 3.63) is 220 Å². The van der Waals surface area contributed by atoms with E-state index in [1.807, 2.05) is 140 Å². The number of benzene rings is 6. The monoisotopic (exact) mass is 1750 g/mol. The van der Waals surface area contributed by atoms with Crippen LogP contribution in [0.5, 0.6) is 23.0 Å². The van der Waals surface area contributed by atoms with Crippen LogP contribution in [0, 0.1) is 35.1 Å². The number of rotatable bonds is 23. The van der Waals surface area contributed by atoms with Gasteiger partial charge in [0.05, 0.1) is 99.3 Å². The number of allylic oxidation sites excluding steroid dienone is 1. The molecule has 1 aliphatic carbocycles. The molecule has 19 N–H and O–H groups in total. The Balaban J connectivity index is -0.000000234. The number of phenolic OH excluding ortho intramolecular Hbond substituents is 1. The summed E-state index contributed by atoms with van der Waals surface area (Å²) in [6.45, 7) is 26.5. The molecule has 1 saturated heterocycles. The molecule has 25 nitrogen and oxygen atoms in total. The predicted molar refractivity (Wildman–Crippen MR) is 486 cm³/mol. The van der Waals surface area contributed by atoms with Crippen LogP contribution in [-0.4, -0.2) is 236 Å². The van der Waals surface area contributed by atoms with Gasteiger partial charge in [-0.05, 0) is 172 Å². The van der Waals surface area contributed by atoms with Gasteiger partial charge in [0.25, 0.3) is 0 Å². The van der Waals surface area contributed by atoms with E-state index in [-0.39, 0.29) is 90.3 Å². The topological polar surface area (TPSA) is 424 Å². The van der Waals surface area contributed by atoms with Gasteiger partial charge in [0.1, 0.15) is 63.3 Å². The van der Waals surface area contributed by atoms with Crippen molar-refractivity contribution >= 4 is 13.8 Å². The number of hydrogen-bond acceptors (Lipinski definition) is 25. The predicted octanol–water partition coefficient (Wildman–Crippen LogP) is 11.3. The molecule has 29 heteroatoms. The smallest absolute Gasteiger partial charge is 0.411 e. The fourth-order valence-electron chi connectivity index (χ4n) is 8.46. The number of terminal acetylenes is 1. The van der Waals surface area contributed by atoms with Crippen molar-refractivity contribution in [2.75, 3.05) is 133 Å². The third kappa shape index (κ3) is 80.1. The second-order valence-electron chi connectivity index (χ2n) is 27.2. The van der Waals surface area contributed by atoms with Gasteiger partial charge in [-0.1, -0.05) is 169 Å². The normalized spacial score (nSPS) is 12.7. The highest BCUT2D eigenvalue weighted by atomic mass is 28.3. The van der Waals surface area contributed by atoms with E-state index >= 15 is 0 Å². The number of nitrogens with zero attached hydrogens (tertiary/aromatic N) is 1. The van der Waals surface area contributed by atoms with Crippen LogP contribution in [0.2, 0.25) is 19.6 Å². The summed E-state index contributed by atoms with van der Waals surface area (Å²) in [5.74, 6) is 8.21. The highest BCUT2D eigenvalue weighted by molar-refractivity contribution is 6.83. The Bertz CT molecular complexity index is 3390. The number of aliphatic hydroxyl groups excluding tert-OH is 15. The minimum Gasteiger partial charge on any atom is -0.508 e. The van der Waals surface area contributed by atoms with E-state index in [4.69, 9.17) is 110 Å².